The number of aromatic nitrogens is 1. The van der Waals surface area contributed by atoms with Crippen molar-refractivity contribution in [3.8, 4) is 11.8 Å². The highest BCUT2D eigenvalue weighted by Crippen LogP contribution is 2.67. The highest BCUT2D eigenvalue weighted by atomic mass is 16.7. The van der Waals surface area contributed by atoms with E-state index in [0.717, 1.165) is 6.42 Å². The number of carbonyl (C=O) groups excluding carboxylic acids is 1. The Kier molecular flexibility index (Phi) is 2.81. The van der Waals surface area contributed by atoms with Crippen molar-refractivity contribution in [2.24, 2.45) is 11.8 Å². The number of amides is 1. The van der Waals surface area contributed by atoms with Crippen molar-refractivity contribution in [1.29, 1.82) is 0 Å². The molecule has 1 fully saturated rings. The van der Waals surface area contributed by atoms with Crippen LogP contribution >= 0.6 is 0 Å². The lowest BCUT2D eigenvalue weighted by Crippen LogP contribution is -2.44. The van der Waals surface area contributed by atoms with Gasteiger partial charge in [0, 0.05) is 22.5 Å². The Morgan fingerprint density at radius 1 is 1.08 bits per heavy atom. The number of hydrogen-bond acceptors (Lipinski definition) is 5. The number of benzene rings is 1. The van der Waals surface area contributed by atoms with Gasteiger partial charge in [0.05, 0.1) is 16.2 Å². The SMILES string of the molecule is O=C(c1ccccc1)N(n1c(O)c2c(c1O)C1C=CC2C2CC12)[N+](=O)[O-]. The first-order chi connectivity index (χ1) is 12.5. The molecule has 8 heteroatoms. The maximum atomic E-state index is 12.7. The van der Waals surface area contributed by atoms with Gasteiger partial charge in [0.1, 0.15) is 0 Å². The summed E-state index contributed by atoms with van der Waals surface area (Å²) < 4.78 is 0.623. The van der Waals surface area contributed by atoms with E-state index in [9.17, 15) is 25.1 Å². The molecule has 4 aliphatic carbocycles. The van der Waals surface area contributed by atoms with E-state index in [1.165, 1.54) is 12.1 Å². The maximum absolute atomic E-state index is 12.7. The van der Waals surface area contributed by atoms with Crippen molar-refractivity contribution < 1.29 is 20.0 Å². The smallest absolute Gasteiger partial charge is 0.337 e. The van der Waals surface area contributed by atoms with E-state index >= 15 is 0 Å². The fourth-order valence-corrected chi connectivity index (χ4v) is 4.55. The third kappa shape index (κ3) is 1.75. The van der Waals surface area contributed by atoms with E-state index in [4.69, 9.17) is 0 Å². The van der Waals surface area contributed by atoms with Crippen LogP contribution in [0.5, 0.6) is 11.8 Å². The molecule has 0 aliphatic heterocycles. The Morgan fingerprint density at radius 2 is 1.62 bits per heavy atom. The number of rotatable bonds is 3. The molecular formula is C18H15N3O5. The molecule has 0 spiro atoms. The zero-order chi connectivity index (χ0) is 18.2. The average Bonchev–Trinajstić information content (AvgIpc) is 3.42. The Labute approximate surface area is 147 Å². The van der Waals surface area contributed by atoms with Crippen LogP contribution in [-0.2, 0) is 0 Å². The summed E-state index contributed by atoms with van der Waals surface area (Å²) in [6, 6.07) is 7.74. The van der Waals surface area contributed by atoms with Crippen molar-refractivity contribution >= 4 is 5.91 Å². The summed E-state index contributed by atoms with van der Waals surface area (Å²) in [6.45, 7) is 0. The van der Waals surface area contributed by atoms with Crippen LogP contribution in [0.4, 0.5) is 0 Å². The van der Waals surface area contributed by atoms with E-state index in [2.05, 4.69) is 0 Å². The van der Waals surface area contributed by atoms with Crippen LogP contribution < -0.4 is 5.12 Å². The van der Waals surface area contributed by atoms with Crippen molar-refractivity contribution in [3.63, 3.8) is 0 Å². The first kappa shape index (κ1) is 15.0. The van der Waals surface area contributed by atoms with Gasteiger partial charge in [0.25, 0.3) is 0 Å². The number of hydrogen-bond donors (Lipinski definition) is 2. The van der Waals surface area contributed by atoms with Gasteiger partial charge in [-0.05, 0) is 35.1 Å². The van der Waals surface area contributed by atoms with Crippen LogP contribution in [0.2, 0.25) is 0 Å². The molecule has 2 aromatic rings. The molecule has 1 aromatic carbocycles. The fraction of sp³-hybridized carbons (Fsp3) is 0.278. The molecule has 2 bridgehead atoms. The number of nitrogens with zero attached hydrogens (tertiary/aromatic N) is 3. The fourth-order valence-electron chi connectivity index (χ4n) is 4.55. The standard InChI is InChI=1S/C18H15N3O5/c22-16(9-4-2-1-3-5-9)20(21(25)26)19-17(23)14-10-6-7-11(13-8-12(10)13)15(14)18(19)24/h1-7,10-13,23-24H,8H2. The van der Waals surface area contributed by atoms with E-state index in [-0.39, 0.29) is 22.5 Å². The summed E-state index contributed by atoms with van der Waals surface area (Å²) in [6.07, 6.45) is 4.98. The average molecular weight is 353 g/mol. The van der Waals surface area contributed by atoms with Crippen LogP contribution in [0.25, 0.3) is 0 Å². The predicted octanol–water partition coefficient (Wildman–Crippen LogP) is 2.26. The first-order valence-electron chi connectivity index (χ1n) is 8.39. The second kappa shape index (κ2) is 4.87. The summed E-state index contributed by atoms with van der Waals surface area (Å²) in [4.78, 5) is 24.3. The lowest BCUT2D eigenvalue weighted by atomic mass is 9.73. The third-order valence-electron chi connectivity index (χ3n) is 5.73. The number of hydrazine groups is 1. The van der Waals surface area contributed by atoms with E-state index in [1.54, 1.807) is 18.2 Å². The molecule has 1 saturated carbocycles. The lowest BCUT2D eigenvalue weighted by molar-refractivity contribution is -0.501. The third-order valence-corrected chi connectivity index (χ3v) is 5.73. The normalized spacial score (nSPS) is 26.9. The van der Waals surface area contributed by atoms with Gasteiger partial charge in [-0.3, -0.25) is 4.79 Å². The highest BCUT2D eigenvalue weighted by molar-refractivity contribution is 6.00. The quantitative estimate of drug-likeness (QED) is 0.500. The molecule has 0 saturated heterocycles. The molecule has 1 amide bonds. The van der Waals surface area contributed by atoms with E-state index in [0.29, 0.717) is 27.6 Å². The Hall–Kier alpha value is -3.29. The van der Waals surface area contributed by atoms with Crippen LogP contribution in [0.1, 0.15) is 39.7 Å². The Morgan fingerprint density at radius 3 is 2.12 bits per heavy atom. The van der Waals surface area contributed by atoms with Crippen LogP contribution in [0, 0.1) is 22.0 Å². The van der Waals surface area contributed by atoms with Crippen LogP contribution in [-0.4, -0.2) is 25.8 Å². The van der Waals surface area contributed by atoms with Crippen molar-refractivity contribution in [3.05, 3.63) is 69.3 Å². The topological polar surface area (TPSA) is 109 Å². The Bertz CT molecular complexity index is 939. The molecule has 0 radical (unpaired) electrons. The summed E-state index contributed by atoms with van der Waals surface area (Å²) in [5.41, 5.74) is 1.08. The van der Waals surface area contributed by atoms with Gasteiger partial charge < -0.3 is 20.3 Å². The first-order valence-corrected chi connectivity index (χ1v) is 8.39. The summed E-state index contributed by atoms with van der Waals surface area (Å²) in [7, 11) is 0. The van der Waals surface area contributed by atoms with Gasteiger partial charge in [0.15, 0.2) is 0 Å². The number of nitro groups is 1. The molecule has 6 rings (SSSR count). The zero-order valence-electron chi connectivity index (χ0n) is 13.5. The van der Waals surface area contributed by atoms with Gasteiger partial charge in [0.2, 0.25) is 0 Å². The lowest BCUT2D eigenvalue weighted by Gasteiger charge is -2.28. The molecule has 8 nitrogen and oxygen atoms in total. The zero-order valence-corrected chi connectivity index (χ0v) is 13.5. The van der Waals surface area contributed by atoms with Crippen molar-refractivity contribution in [2.45, 2.75) is 18.3 Å². The molecule has 4 aliphatic rings. The van der Waals surface area contributed by atoms with Crippen LogP contribution in [0.3, 0.4) is 0 Å². The molecule has 132 valence electrons. The van der Waals surface area contributed by atoms with Crippen molar-refractivity contribution in [1.82, 2.24) is 4.68 Å². The monoisotopic (exact) mass is 353 g/mol. The number of aromatic hydroxyl groups is 2. The molecule has 1 aromatic heterocycles. The maximum Gasteiger partial charge on any atom is 0.337 e. The Balaban J connectivity index is 1.66. The minimum Gasteiger partial charge on any atom is -0.476 e. The minimum atomic E-state index is -0.945. The largest absolute Gasteiger partial charge is 0.476 e. The predicted molar refractivity (Wildman–Crippen MR) is 90.0 cm³/mol. The molecule has 4 atom stereocenters. The van der Waals surface area contributed by atoms with Gasteiger partial charge in [-0.15, -0.1) is 0 Å². The highest BCUT2D eigenvalue weighted by Gasteiger charge is 2.59. The summed E-state index contributed by atoms with van der Waals surface area (Å²) in [5, 5.41) is 32.3. The van der Waals surface area contributed by atoms with Gasteiger partial charge in [-0.2, -0.15) is 0 Å². The summed E-state index contributed by atoms with van der Waals surface area (Å²) in [5.74, 6) is -1.19. The van der Waals surface area contributed by atoms with Gasteiger partial charge in [-0.25, -0.2) is 0 Å². The van der Waals surface area contributed by atoms with E-state index < -0.39 is 22.7 Å². The van der Waals surface area contributed by atoms with Gasteiger partial charge in [-0.1, -0.05) is 30.4 Å². The van der Waals surface area contributed by atoms with E-state index in [1.807, 2.05) is 12.2 Å². The molecule has 1 heterocycles. The second-order valence-corrected chi connectivity index (χ2v) is 6.98. The molecule has 4 unspecified atom stereocenters. The molecule has 2 N–H and O–H groups in total. The molecular weight excluding hydrogens is 338 g/mol. The minimum absolute atomic E-state index is 0.0763. The second-order valence-electron chi connectivity index (χ2n) is 6.98. The summed E-state index contributed by atoms with van der Waals surface area (Å²) >= 11 is 0. The number of carbonyl (C=O) groups is 1. The van der Waals surface area contributed by atoms with Crippen LogP contribution in [0.15, 0.2) is 42.5 Å². The molecule has 26 heavy (non-hydrogen) atoms. The van der Waals surface area contributed by atoms with Crippen molar-refractivity contribution in [2.75, 3.05) is 5.12 Å². The number of allylic oxidation sites excluding steroid dienone is 2. The van der Waals surface area contributed by atoms with Gasteiger partial charge >= 0.3 is 17.7 Å².